The number of aliphatic hydroxyl groups is 1. The summed E-state index contributed by atoms with van der Waals surface area (Å²) < 4.78 is 13.4. The second-order valence-electron chi connectivity index (χ2n) is 4.40. The van der Waals surface area contributed by atoms with Crippen LogP contribution in [0.25, 0.3) is 0 Å². The molecule has 0 heterocycles. The molecule has 0 aliphatic rings. The topological polar surface area (TPSA) is 66.6 Å². The van der Waals surface area contributed by atoms with Crippen molar-refractivity contribution in [2.45, 2.75) is 32.7 Å². The average Bonchev–Trinajstić information content (AvgIpc) is 2.41. The Kier molecular flexibility index (Phi) is 6.16. The summed E-state index contributed by atoms with van der Waals surface area (Å²) in [6.45, 7) is 3.99. The monoisotopic (exact) mass is 304 g/mol. The van der Waals surface area contributed by atoms with Gasteiger partial charge in [0.25, 0.3) is 5.69 Å². The van der Waals surface area contributed by atoms with Gasteiger partial charge in [0.05, 0.1) is 22.6 Å². The fraction of sp³-hybridized carbons (Fsp3) is 0.538. The zero-order chi connectivity index (χ0) is 15.3. The molecule has 0 saturated heterocycles. The van der Waals surface area contributed by atoms with Crippen molar-refractivity contribution in [1.29, 1.82) is 0 Å². The second kappa shape index (κ2) is 7.40. The van der Waals surface area contributed by atoms with Crippen LogP contribution >= 0.6 is 11.6 Å². The van der Waals surface area contributed by atoms with Gasteiger partial charge in [-0.2, -0.15) is 0 Å². The molecule has 1 aromatic rings. The highest BCUT2D eigenvalue weighted by Crippen LogP contribution is 2.35. The number of halogens is 2. The number of nitrogens with zero attached hydrogens (tertiary/aromatic N) is 2. The summed E-state index contributed by atoms with van der Waals surface area (Å²) >= 11 is 5.74. The second-order valence-corrected chi connectivity index (χ2v) is 4.81. The highest BCUT2D eigenvalue weighted by molar-refractivity contribution is 6.31. The lowest BCUT2D eigenvalue weighted by molar-refractivity contribution is -0.384. The molecule has 5 nitrogen and oxygen atoms in total. The van der Waals surface area contributed by atoms with Crippen molar-refractivity contribution < 1.29 is 14.4 Å². The number of anilines is 1. The van der Waals surface area contributed by atoms with E-state index in [0.717, 1.165) is 18.9 Å². The number of nitro groups is 1. The largest absolute Gasteiger partial charge is 0.395 e. The number of hydrogen-bond acceptors (Lipinski definition) is 4. The van der Waals surface area contributed by atoms with Crippen LogP contribution in [0.4, 0.5) is 15.8 Å². The third-order valence-electron chi connectivity index (χ3n) is 3.25. The summed E-state index contributed by atoms with van der Waals surface area (Å²) in [7, 11) is 0. The Bertz CT molecular complexity index is 481. The Balaban J connectivity index is 3.37. The first-order valence-electron chi connectivity index (χ1n) is 6.47. The lowest BCUT2D eigenvalue weighted by atomic mass is 10.1. The molecule has 7 heteroatoms. The number of rotatable bonds is 7. The van der Waals surface area contributed by atoms with Crippen LogP contribution in [0.3, 0.4) is 0 Å². The molecule has 0 aliphatic carbocycles. The Morgan fingerprint density at radius 2 is 2.05 bits per heavy atom. The number of hydrogen-bond donors (Lipinski definition) is 1. The van der Waals surface area contributed by atoms with Crippen LogP contribution in [0, 0.1) is 15.9 Å². The number of aliphatic hydroxyl groups excluding tert-OH is 1. The van der Waals surface area contributed by atoms with Crippen LogP contribution in [0.1, 0.15) is 26.7 Å². The molecular weight excluding hydrogens is 287 g/mol. The van der Waals surface area contributed by atoms with Crippen molar-refractivity contribution in [1.82, 2.24) is 0 Å². The van der Waals surface area contributed by atoms with E-state index in [-0.39, 0.29) is 35.6 Å². The molecule has 0 bridgehead atoms. The van der Waals surface area contributed by atoms with Gasteiger partial charge in [-0.25, -0.2) is 4.39 Å². The zero-order valence-corrected chi connectivity index (χ0v) is 12.2. The molecule has 0 radical (unpaired) electrons. The molecule has 1 N–H and O–H groups in total. The van der Waals surface area contributed by atoms with E-state index in [2.05, 4.69) is 0 Å². The third-order valence-corrected chi connectivity index (χ3v) is 3.54. The molecule has 112 valence electrons. The van der Waals surface area contributed by atoms with Gasteiger partial charge >= 0.3 is 0 Å². The van der Waals surface area contributed by atoms with Gasteiger partial charge in [0.1, 0.15) is 11.5 Å². The highest BCUT2D eigenvalue weighted by atomic mass is 35.5. The fourth-order valence-electron chi connectivity index (χ4n) is 2.24. The molecule has 20 heavy (non-hydrogen) atoms. The lowest BCUT2D eigenvalue weighted by Gasteiger charge is -2.31. The molecule has 0 spiro atoms. The Labute approximate surface area is 122 Å². The van der Waals surface area contributed by atoms with Gasteiger partial charge in [0, 0.05) is 12.6 Å². The Morgan fingerprint density at radius 1 is 1.45 bits per heavy atom. The Hall–Kier alpha value is -1.40. The van der Waals surface area contributed by atoms with E-state index in [4.69, 9.17) is 11.6 Å². The minimum Gasteiger partial charge on any atom is -0.395 e. The maximum Gasteiger partial charge on any atom is 0.295 e. The van der Waals surface area contributed by atoms with E-state index in [1.807, 2.05) is 13.8 Å². The van der Waals surface area contributed by atoms with Gasteiger partial charge in [0.2, 0.25) is 0 Å². The summed E-state index contributed by atoms with van der Waals surface area (Å²) in [4.78, 5) is 12.2. The van der Waals surface area contributed by atoms with Crippen molar-refractivity contribution in [2.24, 2.45) is 0 Å². The molecule has 0 amide bonds. The predicted molar refractivity (Wildman–Crippen MR) is 76.9 cm³/mol. The third kappa shape index (κ3) is 3.58. The van der Waals surface area contributed by atoms with Gasteiger partial charge in [-0.05, 0) is 18.9 Å². The number of nitro benzene ring substituents is 1. The minimum absolute atomic E-state index is 0.0161. The van der Waals surface area contributed by atoms with Crippen LogP contribution in [-0.4, -0.2) is 29.2 Å². The predicted octanol–water partition coefficient (Wildman–Crippen LogP) is 3.37. The van der Waals surface area contributed by atoms with Crippen LogP contribution in [0.2, 0.25) is 5.02 Å². The van der Waals surface area contributed by atoms with Gasteiger partial charge in [-0.3, -0.25) is 10.1 Å². The molecule has 0 aromatic heterocycles. The molecule has 0 fully saturated rings. The van der Waals surface area contributed by atoms with Crippen molar-refractivity contribution in [3.63, 3.8) is 0 Å². The van der Waals surface area contributed by atoms with Crippen molar-refractivity contribution in [2.75, 3.05) is 18.1 Å². The van der Waals surface area contributed by atoms with Crippen molar-refractivity contribution >= 4 is 23.0 Å². The molecule has 0 saturated carbocycles. The summed E-state index contributed by atoms with van der Waals surface area (Å²) in [5, 5.41) is 20.1. The van der Waals surface area contributed by atoms with Gasteiger partial charge < -0.3 is 10.0 Å². The van der Waals surface area contributed by atoms with E-state index >= 15 is 0 Å². The van der Waals surface area contributed by atoms with Crippen molar-refractivity contribution in [3.05, 3.63) is 33.1 Å². The molecule has 1 aromatic carbocycles. The molecular formula is C13H18ClFN2O3. The number of benzene rings is 1. The Morgan fingerprint density at radius 3 is 2.50 bits per heavy atom. The van der Waals surface area contributed by atoms with Crippen LogP contribution < -0.4 is 4.90 Å². The molecule has 0 unspecified atom stereocenters. The minimum atomic E-state index is -0.824. The fourth-order valence-corrected chi connectivity index (χ4v) is 2.40. The first kappa shape index (κ1) is 16.7. The van der Waals surface area contributed by atoms with E-state index in [9.17, 15) is 19.6 Å². The van der Waals surface area contributed by atoms with Gasteiger partial charge in [-0.15, -0.1) is 0 Å². The van der Waals surface area contributed by atoms with E-state index < -0.39 is 10.7 Å². The normalized spacial score (nSPS) is 10.9. The first-order valence-corrected chi connectivity index (χ1v) is 6.84. The van der Waals surface area contributed by atoms with Gasteiger partial charge in [-0.1, -0.05) is 25.4 Å². The summed E-state index contributed by atoms with van der Waals surface area (Å²) in [6.07, 6.45) is 1.51. The van der Waals surface area contributed by atoms with Gasteiger partial charge in [0.15, 0.2) is 0 Å². The van der Waals surface area contributed by atoms with E-state index in [1.54, 1.807) is 4.90 Å². The van der Waals surface area contributed by atoms with Crippen molar-refractivity contribution in [3.8, 4) is 0 Å². The van der Waals surface area contributed by atoms with Crippen LogP contribution in [0.5, 0.6) is 0 Å². The molecule has 0 aliphatic heterocycles. The SMILES string of the molecule is CCC(CC)N(CCO)c1cc(Cl)c(F)cc1[N+](=O)[O-]. The molecule has 1 rings (SSSR count). The maximum atomic E-state index is 13.4. The summed E-state index contributed by atoms with van der Waals surface area (Å²) in [5.41, 5.74) is -0.101. The molecule has 0 atom stereocenters. The van der Waals surface area contributed by atoms with Crippen LogP contribution in [-0.2, 0) is 0 Å². The zero-order valence-electron chi connectivity index (χ0n) is 11.5. The maximum absolute atomic E-state index is 13.4. The lowest BCUT2D eigenvalue weighted by Crippen LogP contribution is -2.37. The van der Waals surface area contributed by atoms with E-state index in [1.165, 1.54) is 6.07 Å². The summed E-state index contributed by atoms with van der Waals surface area (Å²) in [5.74, 6) is -0.824. The highest BCUT2D eigenvalue weighted by Gasteiger charge is 2.25. The van der Waals surface area contributed by atoms with Crippen LogP contribution in [0.15, 0.2) is 12.1 Å². The quantitative estimate of drug-likeness (QED) is 0.619. The standard InChI is InChI=1S/C13H18ClFN2O3/c1-3-9(4-2)16(5-6-18)12-7-10(14)11(15)8-13(12)17(19)20/h7-9,18H,3-6H2,1-2H3. The first-order chi connectivity index (χ1) is 9.46. The van der Waals surface area contributed by atoms with E-state index in [0.29, 0.717) is 0 Å². The average molecular weight is 305 g/mol. The summed E-state index contributed by atoms with van der Waals surface area (Å²) in [6, 6.07) is 2.09. The smallest absolute Gasteiger partial charge is 0.295 e.